The highest BCUT2D eigenvalue weighted by atomic mass is 16.5. The molecule has 2 aliphatic rings. The Morgan fingerprint density at radius 3 is 2.59 bits per heavy atom. The Balaban J connectivity index is 2.18. The predicted molar refractivity (Wildman–Crippen MR) is 119 cm³/mol. The highest BCUT2D eigenvalue weighted by Crippen LogP contribution is 2.46. The maximum Gasteiger partial charge on any atom is 0.337 e. The molecule has 4 atom stereocenters. The molecule has 0 unspecified atom stereocenters. The van der Waals surface area contributed by atoms with Crippen molar-refractivity contribution in [3.8, 4) is 5.75 Å². The van der Waals surface area contributed by atoms with Gasteiger partial charge in [-0.15, -0.1) is 0 Å². The van der Waals surface area contributed by atoms with Gasteiger partial charge in [-0.2, -0.15) is 0 Å². The first-order valence-electron chi connectivity index (χ1n) is 10.9. The summed E-state index contributed by atoms with van der Waals surface area (Å²) in [5.41, 5.74) is 2.87. The number of allylic oxidation sites excluding steroid dienone is 3. The molecule has 1 aliphatic heterocycles. The van der Waals surface area contributed by atoms with Crippen molar-refractivity contribution in [3.63, 3.8) is 0 Å². The van der Waals surface area contributed by atoms with E-state index in [4.69, 9.17) is 14.2 Å². The normalized spacial score (nSPS) is 23.8. The number of methoxy groups -OCH3 is 2. The number of nitrogens with one attached hydrogen (secondary N) is 1. The monoisotopic (exact) mass is 441 g/mol. The second-order valence-electron chi connectivity index (χ2n) is 8.44. The zero-order chi connectivity index (χ0) is 23.6. The van der Waals surface area contributed by atoms with Gasteiger partial charge in [0.15, 0.2) is 5.78 Å². The number of carbonyl (C=O) groups is 3. The van der Waals surface area contributed by atoms with Gasteiger partial charge in [-0.05, 0) is 50.3 Å². The van der Waals surface area contributed by atoms with Gasteiger partial charge in [-0.3, -0.25) is 9.59 Å². The Morgan fingerprint density at radius 1 is 1.25 bits per heavy atom. The average molecular weight is 442 g/mol. The Kier molecular flexibility index (Phi) is 7.06. The fraction of sp³-hybridized carbons (Fsp3) is 0.480. The van der Waals surface area contributed by atoms with Crippen LogP contribution >= 0.6 is 0 Å². The summed E-state index contributed by atoms with van der Waals surface area (Å²) in [4.78, 5) is 39.4. The Bertz CT molecular complexity index is 992. The Labute approximate surface area is 188 Å². The van der Waals surface area contributed by atoms with Crippen molar-refractivity contribution < 1.29 is 28.6 Å². The molecule has 7 heteroatoms. The van der Waals surface area contributed by atoms with Crippen molar-refractivity contribution in [1.82, 2.24) is 5.32 Å². The number of carbonyl (C=O) groups excluding carboxylic acids is 3. The number of Topliss-reactive ketones (excluding diaryl/α,β-unsaturated/α-hetero) is 1. The second-order valence-corrected chi connectivity index (χ2v) is 8.44. The maximum atomic E-state index is 13.7. The molecule has 0 saturated heterocycles. The number of ether oxygens (including phenoxy) is 3. The zero-order valence-electron chi connectivity index (χ0n) is 19.5. The standard InChI is InChI=1S/C25H31NO6/c1-7-14(3)32-25(29)20-15(4)26-18-11-13(2)19(24(28)31-6)23(27)22(18)21(20)16-9-8-10-17(12-16)30-5/h8-10,12-14,19,21,26H,7,11H2,1-6H3/t13-,14-,19-,21-/m1/s1. The summed E-state index contributed by atoms with van der Waals surface area (Å²) in [6.45, 7) is 7.43. The molecule has 0 fully saturated rings. The summed E-state index contributed by atoms with van der Waals surface area (Å²) in [6, 6.07) is 7.28. The van der Waals surface area contributed by atoms with Crippen molar-refractivity contribution in [2.75, 3.05) is 14.2 Å². The molecule has 1 aromatic carbocycles. The molecule has 0 amide bonds. The third-order valence-corrected chi connectivity index (χ3v) is 6.27. The average Bonchev–Trinajstić information content (AvgIpc) is 2.77. The molecule has 1 aromatic rings. The number of esters is 2. The third-order valence-electron chi connectivity index (χ3n) is 6.27. The lowest BCUT2D eigenvalue weighted by molar-refractivity contribution is -0.151. The van der Waals surface area contributed by atoms with Crippen LogP contribution in [-0.4, -0.2) is 38.0 Å². The smallest absolute Gasteiger partial charge is 0.337 e. The van der Waals surface area contributed by atoms with Crippen LogP contribution < -0.4 is 10.1 Å². The minimum atomic E-state index is -0.918. The molecule has 0 bridgehead atoms. The summed E-state index contributed by atoms with van der Waals surface area (Å²) < 4.78 is 16.0. The van der Waals surface area contributed by atoms with E-state index < -0.39 is 23.8 Å². The minimum Gasteiger partial charge on any atom is -0.497 e. The molecule has 1 heterocycles. The van der Waals surface area contributed by atoms with Crippen molar-refractivity contribution in [3.05, 3.63) is 52.4 Å². The number of dihydropyridines is 1. The van der Waals surface area contributed by atoms with E-state index in [1.807, 2.05) is 45.9 Å². The van der Waals surface area contributed by atoms with Crippen LogP contribution in [0.2, 0.25) is 0 Å². The number of hydrogen-bond acceptors (Lipinski definition) is 7. The second kappa shape index (κ2) is 9.59. The highest BCUT2D eigenvalue weighted by Gasteiger charge is 2.47. The molecule has 0 aromatic heterocycles. The first-order chi connectivity index (χ1) is 15.2. The molecule has 1 N–H and O–H groups in total. The van der Waals surface area contributed by atoms with Gasteiger partial charge in [0.25, 0.3) is 0 Å². The molecular formula is C25H31NO6. The van der Waals surface area contributed by atoms with Crippen LogP contribution in [0.25, 0.3) is 0 Å². The van der Waals surface area contributed by atoms with E-state index in [0.717, 1.165) is 11.3 Å². The van der Waals surface area contributed by atoms with Crippen molar-refractivity contribution in [2.45, 2.75) is 52.6 Å². The molecule has 7 nitrogen and oxygen atoms in total. The lowest BCUT2D eigenvalue weighted by atomic mass is 9.69. The summed E-state index contributed by atoms with van der Waals surface area (Å²) in [6.07, 6.45) is 0.894. The summed E-state index contributed by atoms with van der Waals surface area (Å²) in [5, 5.41) is 3.26. The van der Waals surface area contributed by atoms with Gasteiger partial charge in [-0.25, -0.2) is 4.79 Å². The number of benzene rings is 1. The van der Waals surface area contributed by atoms with E-state index in [2.05, 4.69) is 5.32 Å². The fourth-order valence-electron chi connectivity index (χ4n) is 4.44. The van der Waals surface area contributed by atoms with Crippen LogP contribution in [0.15, 0.2) is 46.8 Å². The molecule has 0 radical (unpaired) electrons. The van der Waals surface area contributed by atoms with Crippen molar-refractivity contribution in [2.24, 2.45) is 11.8 Å². The van der Waals surface area contributed by atoms with E-state index in [1.165, 1.54) is 7.11 Å². The lowest BCUT2D eigenvalue weighted by Gasteiger charge is -2.38. The van der Waals surface area contributed by atoms with E-state index in [0.29, 0.717) is 35.4 Å². The lowest BCUT2D eigenvalue weighted by Crippen LogP contribution is -2.43. The Morgan fingerprint density at radius 2 is 1.97 bits per heavy atom. The largest absolute Gasteiger partial charge is 0.497 e. The molecule has 32 heavy (non-hydrogen) atoms. The van der Waals surface area contributed by atoms with Crippen LogP contribution in [0.3, 0.4) is 0 Å². The molecule has 1 aliphatic carbocycles. The number of ketones is 1. The molecule has 0 saturated carbocycles. The molecular weight excluding hydrogens is 410 g/mol. The number of hydrogen-bond donors (Lipinski definition) is 1. The highest BCUT2D eigenvalue weighted by molar-refractivity contribution is 6.12. The zero-order valence-corrected chi connectivity index (χ0v) is 19.5. The van der Waals surface area contributed by atoms with Crippen LogP contribution in [-0.2, 0) is 23.9 Å². The van der Waals surface area contributed by atoms with Gasteiger partial charge in [0.05, 0.1) is 25.9 Å². The predicted octanol–water partition coefficient (Wildman–Crippen LogP) is 3.65. The van der Waals surface area contributed by atoms with E-state index in [1.54, 1.807) is 13.2 Å². The van der Waals surface area contributed by atoms with Crippen molar-refractivity contribution in [1.29, 1.82) is 0 Å². The molecule has 3 rings (SSSR count). The first kappa shape index (κ1) is 23.6. The molecule has 0 spiro atoms. The molecule has 172 valence electrons. The van der Waals surface area contributed by atoms with Gasteiger partial charge < -0.3 is 19.5 Å². The van der Waals surface area contributed by atoms with Crippen LogP contribution in [0.5, 0.6) is 5.75 Å². The third kappa shape index (κ3) is 4.29. The topological polar surface area (TPSA) is 90.9 Å². The van der Waals surface area contributed by atoms with Gasteiger partial charge in [0, 0.05) is 22.9 Å². The minimum absolute atomic E-state index is 0.228. The van der Waals surface area contributed by atoms with Crippen LogP contribution in [0.1, 0.15) is 52.0 Å². The quantitative estimate of drug-likeness (QED) is 0.532. The summed E-state index contributed by atoms with van der Waals surface area (Å²) in [5.74, 6) is -2.58. The van der Waals surface area contributed by atoms with Gasteiger partial charge in [0.2, 0.25) is 0 Å². The maximum absolute atomic E-state index is 13.7. The van der Waals surface area contributed by atoms with Gasteiger partial charge in [-0.1, -0.05) is 26.0 Å². The summed E-state index contributed by atoms with van der Waals surface area (Å²) in [7, 11) is 2.84. The van der Waals surface area contributed by atoms with E-state index >= 15 is 0 Å². The number of rotatable bonds is 6. The Hall–Kier alpha value is -3.09. The van der Waals surface area contributed by atoms with Gasteiger partial charge >= 0.3 is 11.9 Å². The van der Waals surface area contributed by atoms with Crippen molar-refractivity contribution >= 4 is 17.7 Å². The fourth-order valence-corrected chi connectivity index (χ4v) is 4.44. The van der Waals surface area contributed by atoms with Crippen LogP contribution in [0.4, 0.5) is 0 Å². The van der Waals surface area contributed by atoms with E-state index in [9.17, 15) is 14.4 Å². The first-order valence-corrected chi connectivity index (χ1v) is 10.9. The van der Waals surface area contributed by atoms with Crippen LogP contribution in [0, 0.1) is 11.8 Å². The van der Waals surface area contributed by atoms with Gasteiger partial charge in [0.1, 0.15) is 11.7 Å². The summed E-state index contributed by atoms with van der Waals surface area (Å²) >= 11 is 0. The van der Waals surface area contributed by atoms with E-state index in [-0.39, 0.29) is 17.8 Å². The SMILES string of the molecule is CC[C@@H](C)OC(=O)C1=C(C)NC2=C(C(=O)[C@H](C(=O)OC)[C@H](C)C2)[C@@H]1c1cccc(OC)c1.